The smallest absolute Gasteiger partial charge is 0.236 e. The first kappa shape index (κ1) is 15.8. The van der Waals surface area contributed by atoms with E-state index in [0.717, 1.165) is 26.1 Å². The molecular weight excluding hydrogens is 250 g/mol. The van der Waals surface area contributed by atoms with Crippen molar-refractivity contribution in [3.8, 4) is 0 Å². The summed E-state index contributed by atoms with van der Waals surface area (Å²) in [6.45, 7) is 7.68. The van der Waals surface area contributed by atoms with Gasteiger partial charge in [0.2, 0.25) is 5.91 Å². The van der Waals surface area contributed by atoms with Crippen molar-refractivity contribution in [3.05, 3.63) is 0 Å². The van der Waals surface area contributed by atoms with Crippen LogP contribution in [0.5, 0.6) is 0 Å². The molecular formula is C16H31N3O. The summed E-state index contributed by atoms with van der Waals surface area (Å²) in [5.41, 5.74) is 6.05. The highest BCUT2D eigenvalue weighted by atomic mass is 16.2. The Morgan fingerprint density at radius 3 is 2.55 bits per heavy atom. The second-order valence-corrected chi connectivity index (χ2v) is 6.64. The number of piperidine rings is 1. The SMILES string of the molecule is CCN(C(=O)CN1CCC(N)C(C)C1)C1CCCCC1. The highest BCUT2D eigenvalue weighted by molar-refractivity contribution is 5.78. The molecule has 0 bridgehead atoms. The molecule has 1 amide bonds. The van der Waals surface area contributed by atoms with Crippen LogP contribution in [0.2, 0.25) is 0 Å². The fraction of sp³-hybridized carbons (Fsp3) is 0.938. The molecule has 1 saturated heterocycles. The van der Waals surface area contributed by atoms with Gasteiger partial charge in [-0.15, -0.1) is 0 Å². The lowest BCUT2D eigenvalue weighted by Crippen LogP contribution is -2.51. The largest absolute Gasteiger partial charge is 0.339 e. The van der Waals surface area contributed by atoms with E-state index in [1.807, 2.05) is 0 Å². The maximum Gasteiger partial charge on any atom is 0.236 e. The first-order valence-electron chi connectivity index (χ1n) is 8.39. The van der Waals surface area contributed by atoms with Gasteiger partial charge in [0.15, 0.2) is 0 Å². The summed E-state index contributed by atoms with van der Waals surface area (Å²) in [4.78, 5) is 17.0. The highest BCUT2D eigenvalue weighted by Crippen LogP contribution is 2.23. The van der Waals surface area contributed by atoms with Crippen LogP contribution >= 0.6 is 0 Å². The van der Waals surface area contributed by atoms with Crippen LogP contribution < -0.4 is 5.73 Å². The van der Waals surface area contributed by atoms with Crippen molar-refractivity contribution >= 4 is 5.91 Å². The van der Waals surface area contributed by atoms with Crippen molar-refractivity contribution in [2.45, 2.75) is 64.5 Å². The third-order valence-corrected chi connectivity index (χ3v) is 5.09. The fourth-order valence-corrected chi connectivity index (χ4v) is 3.71. The number of nitrogens with zero attached hydrogens (tertiary/aromatic N) is 2. The molecule has 2 unspecified atom stereocenters. The van der Waals surface area contributed by atoms with Crippen LogP contribution in [0.3, 0.4) is 0 Å². The average Bonchev–Trinajstić information content (AvgIpc) is 2.45. The zero-order valence-electron chi connectivity index (χ0n) is 13.2. The molecule has 2 rings (SSSR count). The Bertz CT molecular complexity index is 315. The van der Waals surface area contributed by atoms with Crippen LogP contribution in [0.25, 0.3) is 0 Å². The molecule has 2 N–H and O–H groups in total. The van der Waals surface area contributed by atoms with Gasteiger partial charge in [-0.2, -0.15) is 0 Å². The topological polar surface area (TPSA) is 49.6 Å². The lowest BCUT2D eigenvalue weighted by Gasteiger charge is -2.38. The van der Waals surface area contributed by atoms with Crippen molar-refractivity contribution in [1.29, 1.82) is 0 Å². The fourth-order valence-electron chi connectivity index (χ4n) is 3.71. The van der Waals surface area contributed by atoms with Gasteiger partial charge in [-0.25, -0.2) is 0 Å². The van der Waals surface area contributed by atoms with Gasteiger partial charge in [-0.05, 0) is 32.1 Å². The minimum absolute atomic E-state index is 0.307. The maximum atomic E-state index is 12.6. The number of hydrogen-bond acceptors (Lipinski definition) is 3. The molecule has 0 spiro atoms. The number of carbonyl (C=O) groups is 1. The number of hydrogen-bond donors (Lipinski definition) is 1. The Morgan fingerprint density at radius 1 is 1.25 bits per heavy atom. The highest BCUT2D eigenvalue weighted by Gasteiger charge is 2.28. The number of rotatable bonds is 4. The number of nitrogens with two attached hydrogens (primary N) is 1. The lowest BCUT2D eigenvalue weighted by atomic mass is 9.93. The molecule has 4 heteroatoms. The first-order valence-corrected chi connectivity index (χ1v) is 8.39. The summed E-state index contributed by atoms with van der Waals surface area (Å²) in [6, 6.07) is 0.799. The summed E-state index contributed by atoms with van der Waals surface area (Å²) in [5, 5.41) is 0. The molecule has 2 fully saturated rings. The van der Waals surface area contributed by atoms with E-state index in [2.05, 4.69) is 23.6 Å². The summed E-state index contributed by atoms with van der Waals surface area (Å²) >= 11 is 0. The zero-order valence-corrected chi connectivity index (χ0v) is 13.2. The van der Waals surface area contributed by atoms with Crippen LogP contribution in [-0.4, -0.2) is 54.0 Å². The zero-order chi connectivity index (χ0) is 14.5. The molecule has 116 valence electrons. The first-order chi connectivity index (χ1) is 9.61. The van der Waals surface area contributed by atoms with Crippen LogP contribution in [-0.2, 0) is 4.79 Å². The monoisotopic (exact) mass is 281 g/mol. The Kier molecular flexibility index (Phi) is 5.85. The summed E-state index contributed by atoms with van der Waals surface area (Å²) in [5.74, 6) is 0.823. The van der Waals surface area contributed by atoms with Gasteiger partial charge in [0, 0.05) is 31.7 Å². The Labute approximate surface area is 123 Å². The van der Waals surface area contributed by atoms with Crippen molar-refractivity contribution < 1.29 is 4.79 Å². The molecule has 2 aliphatic rings. The van der Waals surface area contributed by atoms with Crippen LogP contribution in [0.1, 0.15) is 52.4 Å². The van der Waals surface area contributed by atoms with Gasteiger partial charge >= 0.3 is 0 Å². The van der Waals surface area contributed by atoms with E-state index >= 15 is 0 Å². The van der Waals surface area contributed by atoms with Gasteiger partial charge in [-0.1, -0.05) is 26.2 Å². The lowest BCUT2D eigenvalue weighted by molar-refractivity contribution is -0.135. The molecule has 0 aromatic carbocycles. The molecule has 0 aromatic rings. The molecule has 20 heavy (non-hydrogen) atoms. The van der Waals surface area contributed by atoms with Crippen LogP contribution in [0, 0.1) is 5.92 Å². The average molecular weight is 281 g/mol. The molecule has 4 nitrogen and oxygen atoms in total. The Morgan fingerprint density at radius 2 is 1.95 bits per heavy atom. The molecule has 1 heterocycles. The summed E-state index contributed by atoms with van der Waals surface area (Å²) < 4.78 is 0. The van der Waals surface area contributed by atoms with Crippen molar-refractivity contribution in [3.63, 3.8) is 0 Å². The minimum Gasteiger partial charge on any atom is -0.339 e. The predicted molar refractivity (Wildman–Crippen MR) is 82.5 cm³/mol. The molecule has 0 radical (unpaired) electrons. The standard InChI is InChI=1S/C16H31N3O/c1-3-19(14-7-5-4-6-8-14)16(20)12-18-10-9-15(17)13(2)11-18/h13-15H,3-12,17H2,1-2H3. The second-order valence-electron chi connectivity index (χ2n) is 6.64. The van der Waals surface area contributed by atoms with Gasteiger partial charge in [0.1, 0.15) is 0 Å². The van der Waals surface area contributed by atoms with Gasteiger partial charge in [0.05, 0.1) is 6.54 Å². The number of likely N-dealkylation sites (tertiary alicyclic amines) is 1. The Hall–Kier alpha value is -0.610. The van der Waals surface area contributed by atoms with E-state index in [4.69, 9.17) is 5.73 Å². The second kappa shape index (κ2) is 7.41. The summed E-state index contributed by atoms with van der Waals surface area (Å²) in [7, 11) is 0. The van der Waals surface area contributed by atoms with Gasteiger partial charge in [-0.3, -0.25) is 9.69 Å². The quantitative estimate of drug-likeness (QED) is 0.855. The normalized spacial score (nSPS) is 29.4. The molecule has 1 saturated carbocycles. The number of amides is 1. The number of carbonyl (C=O) groups excluding carboxylic acids is 1. The Balaban J connectivity index is 1.85. The number of likely N-dealkylation sites (N-methyl/N-ethyl adjacent to an activating group) is 1. The van der Waals surface area contributed by atoms with Gasteiger partial charge < -0.3 is 10.6 Å². The van der Waals surface area contributed by atoms with Crippen molar-refractivity contribution in [1.82, 2.24) is 9.80 Å². The molecule has 1 aliphatic heterocycles. The minimum atomic E-state index is 0.307. The third-order valence-electron chi connectivity index (χ3n) is 5.09. The third kappa shape index (κ3) is 3.95. The summed E-state index contributed by atoms with van der Waals surface area (Å²) in [6.07, 6.45) is 7.31. The molecule has 1 aliphatic carbocycles. The van der Waals surface area contributed by atoms with Crippen molar-refractivity contribution in [2.24, 2.45) is 11.7 Å². The van der Waals surface area contributed by atoms with E-state index in [1.165, 1.54) is 32.1 Å². The van der Waals surface area contributed by atoms with E-state index in [9.17, 15) is 4.79 Å². The van der Waals surface area contributed by atoms with Crippen LogP contribution in [0.15, 0.2) is 0 Å². The predicted octanol–water partition coefficient (Wildman–Crippen LogP) is 1.84. The van der Waals surface area contributed by atoms with E-state index in [1.54, 1.807) is 0 Å². The van der Waals surface area contributed by atoms with E-state index in [-0.39, 0.29) is 0 Å². The van der Waals surface area contributed by atoms with E-state index in [0.29, 0.717) is 30.5 Å². The molecule has 2 atom stereocenters. The molecule has 0 aromatic heterocycles. The maximum absolute atomic E-state index is 12.6. The van der Waals surface area contributed by atoms with Crippen LogP contribution in [0.4, 0.5) is 0 Å². The van der Waals surface area contributed by atoms with E-state index < -0.39 is 0 Å². The van der Waals surface area contributed by atoms with Crippen molar-refractivity contribution in [2.75, 3.05) is 26.2 Å². The van der Waals surface area contributed by atoms with Gasteiger partial charge in [0.25, 0.3) is 0 Å².